The van der Waals surface area contributed by atoms with Crippen LogP contribution < -0.4 is 5.32 Å². The summed E-state index contributed by atoms with van der Waals surface area (Å²) in [7, 11) is 0. The molecule has 1 aliphatic heterocycles. The molecule has 1 aromatic heterocycles. The van der Waals surface area contributed by atoms with Gasteiger partial charge in [-0.2, -0.15) is 0 Å². The molecule has 0 radical (unpaired) electrons. The highest BCUT2D eigenvalue weighted by molar-refractivity contribution is 7.10. The Bertz CT molecular complexity index is 370. The standard InChI is InChI=1S/C15H25NOS/c1-14(2,13-6-5-9-18-13)11-16-10-12-7-8-15(3,4)17-12/h5-6,9,12,16H,7-8,10-11H2,1-4H3. The van der Waals surface area contributed by atoms with Crippen LogP contribution in [0.25, 0.3) is 0 Å². The first kappa shape index (κ1) is 14.0. The highest BCUT2D eigenvalue weighted by Crippen LogP contribution is 2.29. The number of ether oxygens (including phenoxy) is 1. The predicted molar refractivity (Wildman–Crippen MR) is 78.4 cm³/mol. The molecule has 1 aliphatic rings. The molecular formula is C15H25NOS. The van der Waals surface area contributed by atoms with Gasteiger partial charge in [0.2, 0.25) is 0 Å². The highest BCUT2D eigenvalue weighted by atomic mass is 32.1. The lowest BCUT2D eigenvalue weighted by Gasteiger charge is -2.25. The Balaban J connectivity index is 1.76. The zero-order chi connectivity index (χ0) is 13.2. The molecule has 1 saturated heterocycles. The molecule has 1 atom stereocenters. The fourth-order valence-corrected chi connectivity index (χ4v) is 3.37. The molecule has 1 fully saturated rings. The van der Waals surface area contributed by atoms with Crippen molar-refractivity contribution in [3.05, 3.63) is 22.4 Å². The van der Waals surface area contributed by atoms with Crippen LogP contribution in [0.1, 0.15) is 45.4 Å². The third kappa shape index (κ3) is 3.56. The number of hydrogen-bond donors (Lipinski definition) is 1. The fraction of sp³-hybridized carbons (Fsp3) is 0.733. The van der Waals surface area contributed by atoms with E-state index in [1.807, 2.05) is 11.3 Å². The molecule has 102 valence electrons. The van der Waals surface area contributed by atoms with E-state index in [0.29, 0.717) is 6.10 Å². The van der Waals surface area contributed by atoms with Crippen LogP contribution in [0.4, 0.5) is 0 Å². The minimum absolute atomic E-state index is 0.0790. The van der Waals surface area contributed by atoms with E-state index in [1.54, 1.807) is 0 Å². The molecule has 1 aromatic rings. The Kier molecular flexibility index (Phi) is 4.15. The molecule has 0 amide bonds. The minimum Gasteiger partial charge on any atom is -0.371 e. The van der Waals surface area contributed by atoms with E-state index in [9.17, 15) is 0 Å². The molecule has 1 unspecified atom stereocenters. The molecule has 2 nitrogen and oxygen atoms in total. The average molecular weight is 267 g/mol. The van der Waals surface area contributed by atoms with E-state index in [4.69, 9.17) is 4.74 Å². The van der Waals surface area contributed by atoms with Gasteiger partial charge in [-0.1, -0.05) is 19.9 Å². The van der Waals surface area contributed by atoms with Crippen molar-refractivity contribution in [2.75, 3.05) is 13.1 Å². The smallest absolute Gasteiger partial charge is 0.0707 e. The number of hydrogen-bond acceptors (Lipinski definition) is 3. The molecule has 18 heavy (non-hydrogen) atoms. The molecule has 0 aliphatic carbocycles. The molecule has 0 bridgehead atoms. The second-order valence-electron chi connectivity index (χ2n) is 6.53. The van der Waals surface area contributed by atoms with Gasteiger partial charge >= 0.3 is 0 Å². The zero-order valence-electron chi connectivity index (χ0n) is 12.0. The van der Waals surface area contributed by atoms with Gasteiger partial charge in [0, 0.05) is 23.4 Å². The number of rotatable bonds is 5. The van der Waals surface area contributed by atoms with Crippen molar-refractivity contribution in [1.29, 1.82) is 0 Å². The van der Waals surface area contributed by atoms with E-state index >= 15 is 0 Å². The molecular weight excluding hydrogens is 242 g/mol. The first-order valence-electron chi connectivity index (χ1n) is 6.82. The molecule has 2 heterocycles. The maximum Gasteiger partial charge on any atom is 0.0707 e. The first-order valence-corrected chi connectivity index (χ1v) is 7.70. The highest BCUT2D eigenvalue weighted by Gasteiger charge is 2.31. The predicted octanol–water partition coefficient (Wildman–Crippen LogP) is 3.57. The molecule has 1 N–H and O–H groups in total. The second-order valence-corrected chi connectivity index (χ2v) is 7.48. The number of nitrogens with one attached hydrogen (secondary N) is 1. The lowest BCUT2D eigenvalue weighted by molar-refractivity contribution is -0.0144. The Morgan fingerprint density at radius 1 is 1.50 bits per heavy atom. The maximum absolute atomic E-state index is 5.99. The van der Waals surface area contributed by atoms with Crippen molar-refractivity contribution in [1.82, 2.24) is 5.32 Å². The summed E-state index contributed by atoms with van der Waals surface area (Å²) in [6.45, 7) is 10.9. The van der Waals surface area contributed by atoms with E-state index < -0.39 is 0 Å². The Morgan fingerprint density at radius 2 is 2.28 bits per heavy atom. The Labute approximate surface area is 115 Å². The van der Waals surface area contributed by atoms with Crippen molar-refractivity contribution in [2.24, 2.45) is 0 Å². The van der Waals surface area contributed by atoms with Gasteiger partial charge in [0.05, 0.1) is 11.7 Å². The van der Waals surface area contributed by atoms with Gasteiger partial charge < -0.3 is 10.1 Å². The monoisotopic (exact) mass is 267 g/mol. The van der Waals surface area contributed by atoms with Gasteiger partial charge in [-0.15, -0.1) is 11.3 Å². The van der Waals surface area contributed by atoms with Crippen LogP contribution in [0.15, 0.2) is 17.5 Å². The molecule has 2 rings (SSSR count). The van der Waals surface area contributed by atoms with Gasteiger partial charge in [-0.05, 0) is 38.1 Å². The van der Waals surface area contributed by atoms with Crippen LogP contribution in [0.2, 0.25) is 0 Å². The van der Waals surface area contributed by atoms with Gasteiger partial charge in [-0.3, -0.25) is 0 Å². The van der Waals surface area contributed by atoms with E-state index in [1.165, 1.54) is 17.7 Å². The van der Waals surface area contributed by atoms with Gasteiger partial charge in [0.1, 0.15) is 0 Å². The summed E-state index contributed by atoms with van der Waals surface area (Å²) in [5, 5.41) is 5.73. The zero-order valence-corrected chi connectivity index (χ0v) is 12.8. The van der Waals surface area contributed by atoms with Crippen LogP contribution >= 0.6 is 11.3 Å². The molecule has 3 heteroatoms. The molecule has 0 spiro atoms. The summed E-state index contributed by atoms with van der Waals surface area (Å²) in [6.07, 6.45) is 2.74. The Morgan fingerprint density at radius 3 is 2.83 bits per heavy atom. The average Bonchev–Trinajstić information content (AvgIpc) is 2.87. The summed E-state index contributed by atoms with van der Waals surface area (Å²) < 4.78 is 5.99. The topological polar surface area (TPSA) is 21.3 Å². The Hall–Kier alpha value is -0.380. The number of thiophene rings is 1. The van der Waals surface area contributed by atoms with E-state index in [-0.39, 0.29) is 11.0 Å². The molecule has 0 saturated carbocycles. The lowest BCUT2D eigenvalue weighted by atomic mass is 9.91. The quantitative estimate of drug-likeness (QED) is 0.880. The summed E-state index contributed by atoms with van der Waals surface area (Å²) >= 11 is 1.84. The lowest BCUT2D eigenvalue weighted by Crippen LogP contribution is -2.37. The second kappa shape index (κ2) is 5.32. The van der Waals surface area contributed by atoms with E-state index in [2.05, 4.69) is 50.5 Å². The van der Waals surface area contributed by atoms with Crippen LogP contribution in [0.3, 0.4) is 0 Å². The van der Waals surface area contributed by atoms with Crippen molar-refractivity contribution in [2.45, 2.75) is 57.7 Å². The van der Waals surface area contributed by atoms with Crippen LogP contribution in [-0.2, 0) is 10.2 Å². The normalized spacial score (nSPS) is 23.4. The van der Waals surface area contributed by atoms with E-state index in [0.717, 1.165) is 13.1 Å². The maximum atomic E-state index is 5.99. The fourth-order valence-electron chi connectivity index (χ4n) is 2.52. The SMILES string of the molecule is CC1(C)CCC(CNCC(C)(C)c2cccs2)O1. The summed E-state index contributed by atoms with van der Waals surface area (Å²) in [6, 6.07) is 4.35. The van der Waals surface area contributed by atoms with Crippen LogP contribution in [0, 0.1) is 0 Å². The van der Waals surface area contributed by atoms with Gasteiger partial charge in [0.15, 0.2) is 0 Å². The van der Waals surface area contributed by atoms with Crippen LogP contribution in [-0.4, -0.2) is 24.8 Å². The van der Waals surface area contributed by atoms with Crippen molar-refractivity contribution in [3.63, 3.8) is 0 Å². The van der Waals surface area contributed by atoms with Crippen molar-refractivity contribution < 1.29 is 4.74 Å². The van der Waals surface area contributed by atoms with Crippen molar-refractivity contribution >= 4 is 11.3 Å². The van der Waals surface area contributed by atoms with Crippen LogP contribution in [0.5, 0.6) is 0 Å². The molecule has 0 aromatic carbocycles. The van der Waals surface area contributed by atoms with Crippen molar-refractivity contribution in [3.8, 4) is 0 Å². The minimum atomic E-state index is 0.0790. The van der Waals surface area contributed by atoms with Gasteiger partial charge in [-0.25, -0.2) is 0 Å². The first-order chi connectivity index (χ1) is 8.39. The summed E-state index contributed by atoms with van der Waals surface area (Å²) in [5.74, 6) is 0. The summed E-state index contributed by atoms with van der Waals surface area (Å²) in [4.78, 5) is 1.45. The third-order valence-corrected chi connectivity index (χ3v) is 4.92. The third-order valence-electron chi connectivity index (χ3n) is 3.68. The largest absolute Gasteiger partial charge is 0.371 e. The summed E-state index contributed by atoms with van der Waals surface area (Å²) in [5.41, 5.74) is 0.290. The van der Waals surface area contributed by atoms with Gasteiger partial charge in [0.25, 0.3) is 0 Å².